The summed E-state index contributed by atoms with van der Waals surface area (Å²) in [6, 6.07) is 7.59. The van der Waals surface area contributed by atoms with Gasteiger partial charge in [0.1, 0.15) is 11.0 Å². The molecular formula is C12H30F18N6OP6. The quantitative estimate of drug-likeness (QED) is 0.241. The van der Waals surface area contributed by atoms with Crippen LogP contribution >= 0.6 is 50.7 Å². The Morgan fingerprint density at radius 1 is 0.605 bits per heavy atom. The maximum absolute atomic E-state index is 10.7. The Morgan fingerprint density at radius 3 is 1.07 bits per heavy atom. The molecule has 0 saturated heterocycles. The number of rotatable bonds is 2. The summed E-state index contributed by atoms with van der Waals surface area (Å²) in [4.78, 5) is 9.87. The number of aromatic nitrogens is 3. The van der Waals surface area contributed by atoms with E-state index in [-0.39, 0.29) is 0 Å². The summed E-state index contributed by atoms with van der Waals surface area (Å²) >= 11 is 0. The van der Waals surface area contributed by atoms with E-state index in [4.69, 9.17) is 0 Å². The zero-order valence-electron chi connectivity index (χ0n) is 22.5. The number of hydrogen-bond acceptors (Lipinski definition) is 6. The number of halogens is 18. The summed E-state index contributed by atoms with van der Waals surface area (Å²) in [6.07, 6.45) is 0. The van der Waals surface area contributed by atoms with E-state index in [1.165, 1.54) is 0 Å². The molecule has 31 heteroatoms. The molecule has 0 amide bonds. The number of benzene rings is 1. The van der Waals surface area contributed by atoms with E-state index in [2.05, 4.69) is 10.3 Å². The van der Waals surface area contributed by atoms with Crippen LogP contribution in [0.4, 0.5) is 75.5 Å². The van der Waals surface area contributed by atoms with Crippen LogP contribution in [-0.2, 0) is 0 Å². The van der Waals surface area contributed by atoms with Gasteiger partial charge in [-0.2, -0.15) is 9.34 Å². The summed E-state index contributed by atoms with van der Waals surface area (Å²) in [7, 11) is -18.4. The van der Waals surface area contributed by atoms with E-state index in [1.807, 2.05) is 94.7 Å². The topological polar surface area (TPSA) is 60.7 Å². The van der Waals surface area contributed by atoms with Crippen LogP contribution in [-0.4, -0.2) is 76.0 Å². The van der Waals surface area contributed by atoms with Crippen LogP contribution in [0.1, 0.15) is 0 Å². The molecule has 0 bridgehead atoms. The summed E-state index contributed by atoms with van der Waals surface area (Å²) < 4.78 is 185. The Balaban J connectivity index is -0.000000228. The Hall–Kier alpha value is -0.220. The minimum absolute atomic E-state index is 0.811. The van der Waals surface area contributed by atoms with E-state index >= 15 is 0 Å². The summed E-state index contributed by atoms with van der Waals surface area (Å²) in [5, 5.41) is 7.91. The van der Waals surface area contributed by atoms with Crippen LogP contribution in [0.2, 0.25) is 0 Å². The molecule has 2 aromatic rings. The average Bonchev–Trinajstić information content (AvgIpc) is 2.95. The van der Waals surface area contributed by atoms with Gasteiger partial charge in [0.05, 0.1) is 0 Å². The molecule has 43 heavy (non-hydrogen) atoms. The first-order chi connectivity index (χ1) is 17.5. The van der Waals surface area contributed by atoms with Gasteiger partial charge in [-0.05, 0) is 17.3 Å². The van der Waals surface area contributed by atoms with Gasteiger partial charge in [0, 0.05) is 61.1 Å². The van der Waals surface area contributed by atoms with Crippen molar-refractivity contribution in [2.24, 2.45) is 0 Å². The minimum atomic E-state index is -10.7. The molecule has 1 aromatic carbocycles. The molecule has 3 unspecified atom stereocenters. The van der Waals surface area contributed by atoms with Crippen molar-refractivity contribution in [3.05, 3.63) is 24.3 Å². The van der Waals surface area contributed by atoms with Gasteiger partial charge in [0.15, 0.2) is 0 Å². The molecule has 0 aliphatic heterocycles. The van der Waals surface area contributed by atoms with Gasteiger partial charge >= 0.3 is 107 Å². The van der Waals surface area contributed by atoms with Crippen LogP contribution in [0.5, 0.6) is 0 Å². The zero-order valence-corrected chi connectivity index (χ0v) is 29.0. The Morgan fingerprint density at radius 2 is 0.837 bits per heavy atom. The second kappa shape index (κ2) is 13.5. The molecule has 0 radical (unpaired) electrons. The molecule has 0 aliphatic carbocycles. The molecule has 0 fully saturated rings. The third-order valence-corrected chi connectivity index (χ3v) is 3.45. The van der Waals surface area contributed by atoms with E-state index < -0.39 is 31.9 Å². The van der Waals surface area contributed by atoms with Gasteiger partial charge in [0.25, 0.3) is 0 Å². The third-order valence-electron chi connectivity index (χ3n) is 1.94. The first-order valence-electron chi connectivity index (χ1n) is 9.70. The number of nitrogens with zero attached hydrogens (tertiary/aromatic N) is 6. The molecule has 3 atom stereocenters. The van der Waals surface area contributed by atoms with Crippen molar-refractivity contribution >= 4 is 61.7 Å². The number of fused-ring (bicyclic) bond motifs is 1. The molecule has 1 N–H and O–H groups in total. The van der Waals surface area contributed by atoms with Gasteiger partial charge in [-0.25, -0.2) is 4.89 Å². The SMILES string of the molecule is CN(C)[PH+](O)n1nnc2ccccc21.CN(C)[PH3+].CN(C)[PH3+].F[P-](F)(F)(F)(F)F.F[P-](F)(F)(F)(F)F.F[P-](F)(F)(F)(F)F. The first kappa shape index (κ1) is 49.7. The van der Waals surface area contributed by atoms with Gasteiger partial charge < -0.3 is 0 Å². The van der Waals surface area contributed by atoms with Gasteiger partial charge in [0.2, 0.25) is 0 Å². The van der Waals surface area contributed by atoms with E-state index in [0.717, 1.165) is 11.0 Å². The summed E-state index contributed by atoms with van der Waals surface area (Å²) in [6.45, 7) is 0. The first-order valence-corrected chi connectivity index (χ1v) is 18.4. The summed E-state index contributed by atoms with van der Waals surface area (Å²) in [5.41, 5.74) is 1.68. The molecule has 1 aromatic heterocycles. The van der Waals surface area contributed by atoms with Crippen molar-refractivity contribution in [1.29, 1.82) is 0 Å². The van der Waals surface area contributed by atoms with Crippen LogP contribution in [0.25, 0.3) is 11.0 Å². The van der Waals surface area contributed by atoms with Crippen molar-refractivity contribution in [3.8, 4) is 0 Å². The Kier molecular flexibility index (Phi) is 15.6. The van der Waals surface area contributed by atoms with Crippen LogP contribution in [0.15, 0.2) is 24.3 Å². The van der Waals surface area contributed by atoms with Crippen molar-refractivity contribution in [1.82, 2.24) is 28.8 Å². The molecule has 0 saturated carbocycles. The van der Waals surface area contributed by atoms with Crippen molar-refractivity contribution in [2.45, 2.75) is 0 Å². The third kappa shape index (κ3) is 85.7. The second-order valence-electron chi connectivity index (χ2n) is 8.22. The fourth-order valence-corrected chi connectivity index (χ4v) is 2.11. The molecule has 1 heterocycles. The van der Waals surface area contributed by atoms with Crippen molar-refractivity contribution in [3.63, 3.8) is 0 Å². The molecule has 270 valence electrons. The predicted octanol–water partition coefficient (Wildman–Crippen LogP) is 11.1. The van der Waals surface area contributed by atoms with Crippen molar-refractivity contribution in [2.75, 3.05) is 42.3 Å². The van der Waals surface area contributed by atoms with Crippen LogP contribution in [0.3, 0.4) is 0 Å². The fourth-order valence-electron chi connectivity index (χ4n) is 1.21. The Bertz CT molecular complexity index is 1010. The van der Waals surface area contributed by atoms with Crippen LogP contribution < -0.4 is 0 Å². The molecule has 0 spiro atoms. The van der Waals surface area contributed by atoms with Gasteiger partial charge in [-0.3, -0.25) is 0 Å². The van der Waals surface area contributed by atoms with Gasteiger partial charge in [-0.1, -0.05) is 16.6 Å². The number of para-hydroxylation sites is 1. The van der Waals surface area contributed by atoms with Gasteiger partial charge in [-0.15, -0.1) is 9.77 Å². The molecule has 7 nitrogen and oxygen atoms in total. The predicted molar refractivity (Wildman–Crippen MR) is 147 cm³/mol. The Labute approximate surface area is 238 Å². The van der Waals surface area contributed by atoms with E-state index in [1.54, 1.807) is 9.12 Å². The van der Waals surface area contributed by atoms with E-state index in [0.29, 0.717) is 0 Å². The normalized spacial score (nSPS) is 17.6. The zero-order chi connectivity index (χ0) is 36.5. The molecular weight excluding hydrogens is 772 g/mol. The maximum atomic E-state index is 9.87. The standard InChI is InChI=1S/C8H11N4OP.2C2H8NP.3F6P/c1-11(2)14(13)12-8-6-4-3-5-7(8)9-10-12;2*1-3(2)4;3*1-7(2,3,4,5)6/h3-6,13H,1-2H3;2*4H2,1-2H3;;;/q;;;3*-1/p+3. The fraction of sp³-hybridized carbons (Fsp3) is 0.500. The van der Waals surface area contributed by atoms with Crippen LogP contribution in [0, 0.1) is 0 Å². The summed E-state index contributed by atoms with van der Waals surface area (Å²) in [5.74, 6) is 0. The molecule has 2 rings (SSSR count). The second-order valence-corrected chi connectivity index (χ2v) is 18.4. The average molecular weight is 802 g/mol. The van der Waals surface area contributed by atoms with E-state index in [9.17, 15) is 80.4 Å². The number of hydrogen-bond donors (Lipinski definition) is 1. The monoisotopic (exact) mass is 802 g/mol. The van der Waals surface area contributed by atoms with Crippen molar-refractivity contribution < 1.29 is 80.4 Å². The molecule has 0 aliphatic rings.